The molecule has 1 saturated carbocycles. The molecule has 1 saturated heterocycles. The van der Waals surface area contributed by atoms with Gasteiger partial charge < -0.3 is 10.1 Å². The number of halogens is 1. The van der Waals surface area contributed by atoms with Gasteiger partial charge in [-0.3, -0.25) is 4.90 Å². The number of hydrogen-bond acceptors (Lipinski definition) is 3. The van der Waals surface area contributed by atoms with E-state index in [0.717, 1.165) is 18.4 Å². The summed E-state index contributed by atoms with van der Waals surface area (Å²) in [5, 5.41) is 2.69. The summed E-state index contributed by atoms with van der Waals surface area (Å²) >= 11 is 0. The van der Waals surface area contributed by atoms with Gasteiger partial charge in [0.2, 0.25) is 0 Å². The number of benzene rings is 1. The van der Waals surface area contributed by atoms with Gasteiger partial charge in [-0.25, -0.2) is 14.0 Å². The Kier molecular flexibility index (Phi) is 4.01. The number of carbonyl (C=O) groups excluding carboxylic acids is 2. The molecule has 0 aromatic heterocycles. The molecule has 26 heavy (non-hydrogen) atoms. The number of hydrogen-bond donors (Lipinski definition) is 1. The second-order valence-corrected chi connectivity index (χ2v) is 7.95. The summed E-state index contributed by atoms with van der Waals surface area (Å²) in [7, 11) is 0. The Labute approximate surface area is 152 Å². The molecule has 5 nitrogen and oxygen atoms in total. The van der Waals surface area contributed by atoms with Crippen molar-refractivity contribution in [1.29, 1.82) is 0 Å². The number of esters is 1. The van der Waals surface area contributed by atoms with Gasteiger partial charge in [0.15, 0.2) is 0 Å². The minimum absolute atomic E-state index is 0.135. The number of nitrogens with one attached hydrogen (secondary N) is 1. The van der Waals surface area contributed by atoms with Crippen LogP contribution in [-0.2, 0) is 4.74 Å². The van der Waals surface area contributed by atoms with Gasteiger partial charge in [-0.15, -0.1) is 0 Å². The van der Waals surface area contributed by atoms with Crippen molar-refractivity contribution in [2.45, 2.75) is 26.7 Å². The highest BCUT2D eigenvalue weighted by Gasteiger charge is 2.51. The third-order valence-corrected chi connectivity index (χ3v) is 6.29. The summed E-state index contributed by atoms with van der Waals surface area (Å²) < 4.78 is 19.6. The van der Waals surface area contributed by atoms with Crippen LogP contribution in [0.2, 0.25) is 0 Å². The quantitative estimate of drug-likeness (QED) is 0.662. The molecule has 2 atom stereocenters. The lowest BCUT2D eigenvalue weighted by atomic mass is 9.49. The van der Waals surface area contributed by atoms with Gasteiger partial charge in [-0.2, -0.15) is 0 Å². The van der Waals surface area contributed by atoms with E-state index < -0.39 is 11.8 Å². The third-order valence-electron chi connectivity index (χ3n) is 6.29. The number of allylic oxidation sites excluding steroid dienone is 1. The van der Waals surface area contributed by atoms with E-state index >= 15 is 0 Å². The maximum absolute atomic E-state index is 14.1. The number of anilines is 1. The monoisotopic (exact) mass is 358 g/mol. The molecule has 2 amide bonds. The second kappa shape index (κ2) is 6.11. The highest BCUT2D eigenvalue weighted by Crippen LogP contribution is 2.59. The molecule has 1 aliphatic heterocycles. The molecular weight excluding hydrogens is 335 g/mol. The van der Waals surface area contributed by atoms with Crippen LogP contribution in [0.3, 0.4) is 0 Å². The van der Waals surface area contributed by atoms with Gasteiger partial charge in [-0.1, -0.05) is 19.9 Å². The van der Waals surface area contributed by atoms with Crippen molar-refractivity contribution < 1.29 is 18.7 Å². The highest BCUT2D eigenvalue weighted by molar-refractivity contribution is 5.96. The van der Waals surface area contributed by atoms with Crippen LogP contribution in [0.4, 0.5) is 14.9 Å². The molecule has 5 rings (SSSR count). The fraction of sp³-hybridized carbons (Fsp3) is 0.500. The number of nitrogens with zero attached hydrogens (tertiary/aromatic N) is 1. The summed E-state index contributed by atoms with van der Waals surface area (Å²) in [6.45, 7) is 5.73. The maximum Gasteiger partial charge on any atom is 0.341 e. The van der Waals surface area contributed by atoms with Gasteiger partial charge in [0.05, 0.1) is 5.56 Å². The first kappa shape index (κ1) is 17.1. The predicted molar refractivity (Wildman–Crippen MR) is 95.5 cm³/mol. The second-order valence-electron chi connectivity index (χ2n) is 7.95. The Bertz CT molecular complexity index is 802. The molecule has 0 radical (unpaired) electrons. The van der Waals surface area contributed by atoms with E-state index in [9.17, 15) is 14.0 Å². The van der Waals surface area contributed by atoms with Crippen molar-refractivity contribution in [3.8, 4) is 0 Å². The zero-order valence-electron chi connectivity index (χ0n) is 15.0. The van der Waals surface area contributed by atoms with Gasteiger partial charge in [0, 0.05) is 18.8 Å². The number of rotatable bonds is 4. The van der Waals surface area contributed by atoms with Crippen LogP contribution in [-0.4, -0.2) is 31.7 Å². The van der Waals surface area contributed by atoms with Crippen LogP contribution in [0.15, 0.2) is 29.8 Å². The fourth-order valence-corrected chi connectivity index (χ4v) is 4.42. The molecule has 4 aliphatic rings. The van der Waals surface area contributed by atoms with Crippen molar-refractivity contribution in [3.63, 3.8) is 0 Å². The van der Waals surface area contributed by atoms with E-state index in [4.69, 9.17) is 4.74 Å². The summed E-state index contributed by atoms with van der Waals surface area (Å²) in [5.74, 6) is -0.171. The zero-order chi connectivity index (χ0) is 18.5. The van der Waals surface area contributed by atoms with Crippen LogP contribution in [0.1, 0.15) is 37.0 Å². The Morgan fingerprint density at radius 2 is 2.23 bits per heavy atom. The van der Waals surface area contributed by atoms with Gasteiger partial charge in [0.1, 0.15) is 12.4 Å². The Hall–Kier alpha value is -2.37. The van der Waals surface area contributed by atoms with Crippen molar-refractivity contribution in [3.05, 3.63) is 41.2 Å². The normalized spacial score (nSPS) is 26.0. The van der Waals surface area contributed by atoms with Crippen molar-refractivity contribution in [2.75, 3.05) is 24.6 Å². The largest absolute Gasteiger partial charge is 0.457 e. The molecule has 0 spiro atoms. The van der Waals surface area contributed by atoms with Crippen LogP contribution < -0.4 is 10.2 Å². The van der Waals surface area contributed by atoms with Crippen molar-refractivity contribution in [2.24, 2.45) is 17.3 Å². The summed E-state index contributed by atoms with van der Waals surface area (Å²) in [5.41, 5.74) is 1.75. The Balaban J connectivity index is 1.46. The highest BCUT2D eigenvalue weighted by atomic mass is 19.1. The standard InChI is InChI=1S/C20H23FN2O3/c1-20(2)13-4-3-12(16(20)9-13)11-26-18(24)15-10-14(5-6-17(15)21)23-8-7-22-19(23)25/h3,5-6,10,13,16H,4,7-9,11H2,1-2H3,(H,22,25)/t13-,16-/m0/s1. The minimum Gasteiger partial charge on any atom is -0.457 e. The SMILES string of the molecule is CC1(C)[C@H]2CC=C(COC(=O)c3cc(N4CCNC4=O)ccc3F)[C@@H]1C2. The van der Waals surface area contributed by atoms with E-state index in [1.165, 1.54) is 23.1 Å². The summed E-state index contributed by atoms with van der Waals surface area (Å²) in [6.07, 6.45) is 4.33. The topological polar surface area (TPSA) is 58.6 Å². The lowest BCUT2D eigenvalue weighted by molar-refractivity contribution is -0.0155. The number of amides is 2. The summed E-state index contributed by atoms with van der Waals surface area (Å²) in [6, 6.07) is 3.85. The molecule has 0 unspecified atom stereocenters. The molecule has 3 aliphatic carbocycles. The van der Waals surface area contributed by atoms with E-state index in [-0.39, 0.29) is 23.6 Å². The van der Waals surface area contributed by atoms with Gasteiger partial charge >= 0.3 is 12.0 Å². The number of ether oxygens (including phenoxy) is 1. The molecule has 1 N–H and O–H groups in total. The molecule has 138 valence electrons. The third kappa shape index (κ3) is 2.68. The number of urea groups is 1. The van der Waals surface area contributed by atoms with Crippen LogP contribution in [0.25, 0.3) is 0 Å². The van der Waals surface area contributed by atoms with E-state index in [1.807, 2.05) is 0 Å². The molecule has 2 fully saturated rings. The zero-order valence-corrected chi connectivity index (χ0v) is 15.0. The van der Waals surface area contributed by atoms with Crippen molar-refractivity contribution >= 4 is 17.7 Å². The first-order valence-electron chi connectivity index (χ1n) is 9.09. The van der Waals surface area contributed by atoms with Crippen molar-refractivity contribution in [1.82, 2.24) is 5.32 Å². The predicted octanol–water partition coefficient (Wildman–Crippen LogP) is 3.50. The molecule has 1 aromatic rings. The molecule has 6 heteroatoms. The average Bonchev–Trinajstić information content (AvgIpc) is 3.06. The average molecular weight is 358 g/mol. The number of carbonyl (C=O) groups is 2. The van der Waals surface area contributed by atoms with Gasteiger partial charge in [-0.05, 0) is 53.9 Å². The Morgan fingerprint density at radius 3 is 2.88 bits per heavy atom. The van der Waals surface area contributed by atoms with E-state index in [2.05, 4.69) is 25.2 Å². The van der Waals surface area contributed by atoms with Crippen LogP contribution in [0.5, 0.6) is 0 Å². The minimum atomic E-state index is -0.691. The van der Waals surface area contributed by atoms with Gasteiger partial charge in [0.25, 0.3) is 0 Å². The first-order valence-corrected chi connectivity index (χ1v) is 9.09. The summed E-state index contributed by atoms with van der Waals surface area (Å²) in [4.78, 5) is 25.7. The number of fused-ring (bicyclic) bond motifs is 1. The molecule has 1 heterocycles. The fourth-order valence-electron chi connectivity index (χ4n) is 4.42. The van der Waals surface area contributed by atoms with E-state index in [0.29, 0.717) is 30.6 Å². The lowest BCUT2D eigenvalue weighted by Crippen LogP contribution is -2.48. The molecule has 2 bridgehead atoms. The maximum atomic E-state index is 14.1. The lowest BCUT2D eigenvalue weighted by Gasteiger charge is -2.56. The van der Waals surface area contributed by atoms with Crippen LogP contribution in [0, 0.1) is 23.1 Å². The molecular formula is C20H23FN2O3. The smallest absolute Gasteiger partial charge is 0.341 e. The van der Waals surface area contributed by atoms with E-state index in [1.54, 1.807) is 0 Å². The first-order chi connectivity index (χ1) is 12.4. The molecule has 1 aromatic carbocycles. The Morgan fingerprint density at radius 1 is 1.42 bits per heavy atom. The van der Waals surface area contributed by atoms with Crippen LogP contribution >= 0.6 is 0 Å².